The van der Waals surface area contributed by atoms with Crippen molar-refractivity contribution in [1.82, 2.24) is 4.98 Å². The molecule has 0 unspecified atom stereocenters. The first-order valence-electron chi connectivity index (χ1n) is 5.42. The van der Waals surface area contributed by atoms with Crippen molar-refractivity contribution >= 4 is 16.7 Å². The number of halogens is 1. The Kier molecular flexibility index (Phi) is 3.04. The zero-order valence-electron chi connectivity index (χ0n) is 9.22. The fraction of sp³-hybridized carbons (Fsp3) is 0.308. The molecule has 2 aromatic rings. The predicted octanol–water partition coefficient (Wildman–Crippen LogP) is 3.22. The molecule has 84 valence electrons. The number of aromatic nitrogens is 1. The number of hydrogen-bond donors (Lipinski definition) is 1. The summed E-state index contributed by atoms with van der Waals surface area (Å²) in [5, 5.41) is 0.920. The lowest BCUT2D eigenvalue weighted by Crippen LogP contribution is -1.91. The molecule has 0 saturated heterocycles. The lowest BCUT2D eigenvalue weighted by Gasteiger charge is -1.98. The topological polar surface area (TPSA) is 32.9 Å². The molecule has 16 heavy (non-hydrogen) atoms. The van der Waals surface area contributed by atoms with Crippen molar-refractivity contribution in [2.75, 3.05) is 0 Å². The van der Waals surface area contributed by atoms with Crippen molar-refractivity contribution < 1.29 is 9.18 Å². The molecule has 1 aromatic carbocycles. The molecule has 0 atom stereocenters. The number of fused-ring (bicyclic) bond motifs is 1. The Bertz CT molecular complexity index is 516. The zero-order chi connectivity index (χ0) is 11.5. The van der Waals surface area contributed by atoms with Crippen LogP contribution >= 0.6 is 0 Å². The summed E-state index contributed by atoms with van der Waals surface area (Å²) in [6, 6.07) is 4.71. The van der Waals surface area contributed by atoms with E-state index in [0.29, 0.717) is 6.42 Å². The van der Waals surface area contributed by atoms with Gasteiger partial charge in [0.15, 0.2) is 0 Å². The quantitative estimate of drug-likeness (QED) is 0.841. The molecular weight excluding hydrogens is 205 g/mol. The number of hydrogen-bond acceptors (Lipinski definition) is 1. The smallest absolute Gasteiger partial charge is 0.129 e. The predicted molar refractivity (Wildman–Crippen MR) is 61.9 cm³/mol. The first kappa shape index (κ1) is 10.9. The van der Waals surface area contributed by atoms with Crippen molar-refractivity contribution in [1.29, 1.82) is 0 Å². The maximum Gasteiger partial charge on any atom is 0.129 e. The van der Waals surface area contributed by atoms with Crippen molar-refractivity contribution in [3.05, 3.63) is 35.8 Å². The van der Waals surface area contributed by atoms with Gasteiger partial charge in [-0.25, -0.2) is 4.39 Å². The van der Waals surface area contributed by atoms with E-state index in [1.165, 1.54) is 12.1 Å². The highest BCUT2D eigenvalue weighted by Gasteiger charge is 2.05. The van der Waals surface area contributed by atoms with Gasteiger partial charge in [-0.15, -0.1) is 0 Å². The van der Waals surface area contributed by atoms with Gasteiger partial charge >= 0.3 is 0 Å². The van der Waals surface area contributed by atoms with E-state index in [1.807, 2.05) is 6.20 Å². The van der Waals surface area contributed by atoms with Gasteiger partial charge in [-0.2, -0.15) is 0 Å². The summed E-state index contributed by atoms with van der Waals surface area (Å²) in [7, 11) is 0. The molecule has 0 saturated carbocycles. The minimum absolute atomic E-state index is 0.200. The third-order valence-corrected chi connectivity index (χ3v) is 2.70. The lowest BCUT2D eigenvalue weighted by molar-refractivity contribution is -0.117. The van der Waals surface area contributed by atoms with Crippen LogP contribution in [-0.2, 0) is 11.2 Å². The van der Waals surface area contributed by atoms with Crippen LogP contribution in [0.4, 0.5) is 4.39 Å². The molecule has 0 aliphatic rings. The average Bonchev–Trinajstić information content (AvgIpc) is 2.60. The van der Waals surface area contributed by atoms with Crippen LogP contribution in [0.15, 0.2) is 24.4 Å². The number of aryl methyl sites for hydroxylation is 1. The Morgan fingerprint density at radius 2 is 2.25 bits per heavy atom. The molecule has 0 radical (unpaired) electrons. The normalized spacial score (nSPS) is 10.9. The Hall–Kier alpha value is -1.64. The van der Waals surface area contributed by atoms with E-state index >= 15 is 0 Å². The standard InChI is InChI=1S/C13H14FNO/c1-9(16)3-2-4-10-8-15-13-6-5-11(14)7-12(10)13/h5-8,15H,2-4H2,1H3. The van der Waals surface area contributed by atoms with E-state index in [9.17, 15) is 9.18 Å². The average molecular weight is 219 g/mol. The van der Waals surface area contributed by atoms with Crippen molar-refractivity contribution in [3.63, 3.8) is 0 Å². The first-order valence-corrected chi connectivity index (χ1v) is 5.42. The van der Waals surface area contributed by atoms with Gasteiger partial charge in [0.2, 0.25) is 0 Å². The van der Waals surface area contributed by atoms with Gasteiger partial charge in [-0.1, -0.05) is 0 Å². The van der Waals surface area contributed by atoms with Crippen LogP contribution in [0.2, 0.25) is 0 Å². The fourth-order valence-corrected chi connectivity index (χ4v) is 1.89. The molecule has 0 aliphatic heterocycles. The molecule has 2 rings (SSSR count). The van der Waals surface area contributed by atoms with Gasteiger partial charge < -0.3 is 9.78 Å². The van der Waals surface area contributed by atoms with Crippen LogP contribution in [0.25, 0.3) is 10.9 Å². The molecule has 0 spiro atoms. The Balaban J connectivity index is 2.17. The van der Waals surface area contributed by atoms with Crippen LogP contribution in [0.3, 0.4) is 0 Å². The lowest BCUT2D eigenvalue weighted by atomic mass is 10.1. The number of rotatable bonds is 4. The van der Waals surface area contributed by atoms with E-state index in [1.54, 1.807) is 13.0 Å². The Morgan fingerprint density at radius 1 is 1.44 bits per heavy atom. The molecule has 0 aliphatic carbocycles. The number of Topliss-reactive ketones (excluding diaryl/α,β-unsaturated/α-hetero) is 1. The number of carbonyl (C=O) groups is 1. The highest BCUT2D eigenvalue weighted by Crippen LogP contribution is 2.20. The zero-order valence-corrected chi connectivity index (χ0v) is 9.22. The molecule has 1 aromatic heterocycles. The summed E-state index contributed by atoms with van der Waals surface area (Å²) in [6.45, 7) is 1.59. The highest BCUT2D eigenvalue weighted by molar-refractivity contribution is 5.83. The molecule has 0 fully saturated rings. The van der Waals surface area contributed by atoms with Crippen molar-refractivity contribution in [3.8, 4) is 0 Å². The van der Waals surface area contributed by atoms with E-state index in [4.69, 9.17) is 0 Å². The van der Waals surface area contributed by atoms with E-state index in [2.05, 4.69) is 4.98 Å². The van der Waals surface area contributed by atoms with Crippen LogP contribution in [0, 0.1) is 5.82 Å². The second-order valence-electron chi connectivity index (χ2n) is 4.06. The highest BCUT2D eigenvalue weighted by atomic mass is 19.1. The molecule has 2 nitrogen and oxygen atoms in total. The van der Waals surface area contributed by atoms with E-state index in [-0.39, 0.29) is 11.6 Å². The number of carbonyl (C=O) groups excluding carboxylic acids is 1. The van der Waals surface area contributed by atoms with Crippen LogP contribution < -0.4 is 0 Å². The number of nitrogens with one attached hydrogen (secondary N) is 1. The van der Waals surface area contributed by atoms with Crippen LogP contribution in [-0.4, -0.2) is 10.8 Å². The van der Waals surface area contributed by atoms with E-state index < -0.39 is 0 Å². The van der Waals surface area contributed by atoms with Gasteiger partial charge in [0.05, 0.1) is 0 Å². The van der Waals surface area contributed by atoms with Crippen LogP contribution in [0.1, 0.15) is 25.3 Å². The molecular formula is C13H14FNO. The van der Waals surface area contributed by atoms with Crippen molar-refractivity contribution in [2.45, 2.75) is 26.2 Å². The monoisotopic (exact) mass is 219 g/mol. The third-order valence-electron chi connectivity index (χ3n) is 2.70. The molecule has 1 N–H and O–H groups in total. The third kappa shape index (κ3) is 2.30. The van der Waals surface area contributed by atoms with Gasteiger partial charge in [0, 0.05) is 23.5 Å². The molecule has 0 bridgehead atoms. The van der Waals surface area contributed by atoms with Gasteiger partial charge in [-0.05, 0) is 43.5 Å². The Morgan fingerprint density at radius 3 is 3.00 bits per heavy atom. The summed E-state index contributed by atoms with van der Waals surface area (Å²) < 4.78 is 13.1. The SMILES string of the molecule is CC(=O)CCCc1c[nH]c2ccc(F)cc12. The number of benzene rings is 1. The summed E-state index contributed by atoms with van der Waals surface area (Å²) in [5.74, 6) is -0.0223. The Labute approximate surface area is 93.5 Å². The summed E-state index contributed by atoms with van der Waals surface area (Å²) >= 11 is 0. The van der Waals surface area contributed by atoms with E-state index in [0.717, 1.165) is 29.3 Å². The first-order chi connectivity index (χ1) is 7.66. The molecule has 0 amide bonds. The van der Waals surface area contributed by atoms with Gasteiger partial charge in [0.1, 0.15) is 11.6 Å². The summed E-state index contributed by atoms with van der Waals surface area (Å²) in [6.07, 6.45) is 4.11. The minimum atomic E-state index is -0.222. The fourth-order valence-electron chi connectivity index (χ4n) is 1.89. The largest absolute Gasteiger partial charge is 0.361 e. The maximum absolute atomic E-state index is 13.1. The number of aromatic amines is 1. The number of H-pyrrole nitrogens is 1. The second kappa shape index (κ2) is 4.47. The van der Waals surface area contributed by atoms with Gasteiger partial charge in [-0.3, -0.25) is 0 Å². The number of ketones is 1. The van der Waals surface area contributed by atoms with Crippen LogP contribution in [0.5, 0.6) is 0 Å². The maximum atomic E-state index is 13.1. The second-order valence-corrected chi connectivity index (χ2v) is 4.06. The molecule has 3 heteroatoms. The summed E-state index contributed by atoms with van der Waals surface area (Å²) in [4.78, 5) is 13.9. The summed E-state index contributed by atoms with van der Waals surface area (Å²) in [5.41, 5.74) is 2.02. The van der Waals surface area contributed by atoms with Gasteiger partial charge in [0.25, 0.3) is 0 Å². The van der Waals surface area contributed by atoms with Crippen molar-refractivity contribution in [2.24, 2.45) is 0 Å². The molecule has 1 heterocycles. The minimum Gasteiger partial charge on any atom is -0.361 e.